The predicted octanol–water partition coefficient (Wildman–Crippen LogP) is 1.77. The van der Waals surface area contributed by atoms with Gasteiger partial charge in [-0.05, 0) is 26.8 Å². The van der Waals surface area contributed by atoms with Gasteiger partial charge in [0.15, 0.2) is 18.9 Å². The maximum absolute atomic E-state index is 5.71. The van der Waals surface area contributed by atoms with Crippen molar-refractivity contribution in [3.05, 3.63) is 30.3 Å². The molecule has 1 fully saturated rings. The average Bonchev–Trinajstić information content (AvgIpc) is 2.48. The molecule has 0 saturated carbocycles. The van der Waals surface area contributed by atoms with Crippen LogP contribution < -0.4 is 10.1 Å². The molecule has 1 N–H and O–H groups in total. The van der Waals surface area contributed by atoms with Crippen LogP contribution in [0.3, 0.4) is 0 Å². The highest BCUT2D eigenvalue weighted by Gasteiger charge is 2.18. The number of rotatable bonds is 8. The summed E-state index contributed by atoms with van der Waals surface area (Å²) in [5.41, 5.74) is 0. The van der Waals surface area contributed by atoms with E-state index in [0.29, 0.717) is 5.75 Å². The fourth-order valence-electron chi connectivity index (χ4n) is 2.21. The van der Waals surface area contributed by atoms with Crippen molar-refractivity contribution in [2.45, 2.75) is 39.6 Å². The molecular formula is C16H25N2O4. The summed E-state index contributed by atoms with van der Waals surface area (Å²) in [7, 11) is 0. The summed E-state index contributed by atoms with van der Waals surface area (Å²) in [6.45, 7) is 9.07. The third kappa shape index (κ3) is 6.29. The van der Waals surface area contributed by atoms with Crippen molar-refractivity contribution in [3.8, 4) is 5.75 Å². The van der Waals surface area contributed by atoms with Gasteiger partial charge in [-0.15, -0.1) is 0 Å². The van der Waals surface area contributed by atoms with Gasteiger partial charge < -0.3 is 19.5 Å². The van der Waals surface area contributed by atoms with E-state index in [2.05, 4.69) is 11.4 Å². The van der Waals surface area contributed by atoms with Gasteiger partial charge in [-0.3, -0.25) is 4.84 Å². The summed E-state index contributed by atoms with van der Waals surface area (Å²) in [5.74, 6) is 0.646. The Kier molecular flexibility index (Phi) is 7.08. The van der Waals surface area contributed by atoms with Gasteiger partial charge in [0.2, 0.25) is 0 Å². The van der Waals surface area contributed by atoms with Crippen LogP contribution in [0.2, 0.25) is 0 Å². The molecule has 123 valence electrons. The van der Waals surface area contributed by atoms with Crippen LogP contribution in [0.25, 0.3) is 0 Å². The van der Waals surface area contributed by atoms with Gasteiger partial charge in [0.05, 0.1) is 0 Å². The van der Waals surface area contributed by atoms with Crippen LogP contribution in [0.15, 0.2) is 24.3 Å². The SMILES string of the molecule is CC(Oc1[c]cccc1)OC(C)OC(C)ON1CCNCC1. The van der Waals surface area contributed by atoms with Gasteiger partial charge in [0, 0.05) is 32.2 Å². The second-order valence-electron chi connectivity index (χ2n) is 5.10. The first kappa shape index (κ1) is 17.2. The molecule has 3 unspecified atom stereocenters. The Labute approximate surface area is 132 Å². The molecule has 0 aliphatic carbocycles. The van der Waals surface area contributed by atoms with E-state index in [1.165, 1.54) is 0 Å². The maximum atomic E-state index is 5.71. The molecule has 1 aromatic carbocycles. The summed E-state index contributed by atoms with van der Waals surface area (Å²) >= 11 is 0. The van der Waals surface area contributed by atoms with Crippen molar-refractivity contribution in [2.75, 3.05) is 26.2 Å². The third-order valence-corrected chi connectivity index (χ3v) is 3.11. The lowest BCUT2D eigenvalue weighted by Gasteiger charge is -2.30. The normalized spacial score (nSPS) is 20.3. The smallest absolute Gasteiger partial charge is 0.199 e. The lowest BCUT2D eigenvalue weighted by atomic mass is 10.3. The van der Waals surface area contributed by atoms with Crippen molar-refractivity contribution in [1.29, 1.82) is 0 Å². The quantitative estimate of drug-likeness (QED) is 0.739. The number of hydroxylamine groups is 2. The Morgan fingerprint density at radius 3 is 2.45 bits per heavy atom. The van der Waals surface area contributed by atoms with Gasteiger partial charge in [0.1, 0.15) is 5.75 Å². The largest absolute Gasteiger partial charge is 0.465 e. The van der Waals surface area contributed by atoms with Gasteiger partial charge in [0.25, 0.3) is 0 Å². The summed E-state index contributed by atoms with van der Waals surface area (Å²) in [6.07, 6.45) is -1.24. The highest BCUT2D eigenvalue weighted by atomic mass is 16.8. The molecule has 2 rings (SSSR count). The fraction of sp³-hybridized carbons (Fsp3) is 0.625. The summed E-state index contributed by atoms with van der Waals surface area (Å²) < 4.78 is 16.9. The van der Waals surface area contributed by atoms with Gasteiger partial charge in [-0.25, -0.2) is 0 Å². The molecule has 6 heteroatoms. The van der Waals surface area contributed by atoms with Crippen LogP contribution in [0.5, 0.6) is 5.75 Å². The Morgan fingerprint density at radius 2 is 1.77 bits per heavy atom. The van der Waals surface area contributed by atoms with Crippen LogP contribution in [0.4, 0.5) is 0 Å². The molecule has 1 heterocycles. The Balaban J connectivity index is 1.66. The topological polar surface area (TPSA) is 52.2 Å². The zero-order chi connectivity index (χ0) is 15.8. The number of nitrogens with one attached hydrogen (secondary N) is 1. The van der Waals surface area contributed by atoms with Crippen molar-refractivity contribution >= 4 is 0 Å². The van der Waals surface area contributed by atoms with Crippen LogP contribution in [0.1, 0.15) is 20.8 Å². The van der Waals surface area contributed by atoms with Gasteiger partial charge in [-0.2, -0.15) is 5.06 Å². The predicted molar refractivity (Wildman–Crippen MR) is 82.0 cm³/mol. The number of para-hydroxylation sites is 1. The maximum Gasteiger partial charge on any atom is 0.199 e. The number of benzene rings is 1. The molecule has 0 aromatic heterocycles. The fourth-order valence-corrected chi connectivity index (χ4v) is 2.21. The van der Waals surface area contributed by atoms with E-state index < -0.39 is 12.6 Å². The molecule has 0 spiro atoms. The molecule has 0 amide bonds. The molecule has 1 saturated heterocycles. The summed E-state index contributed by atoms with van der Waals surface area (Å²) in [6, 6.07) is 10.4. The van der Waals surface area contributed by atoms with E-state index in [4.69, 9.17) is 19.0 Å². The molecule has 1 aromatic rings. The average molecular weight is 309 g/mol. The van der Waals surface area contributed by atoms with Crippen LogP contribution in [-0.4, -0.2) is 50.1 Å². The molecule has 6 nitrogen and oxygen atoms in total. The highest BCUT2D eigenvalue weighted by molar-refractivity contribution is 5.19. The lowest BCUT2D eigenvalue weighted by molar-refractivity contribution is -0.326. The molecule has 1 aliphatic rings. The van der Waals surface area contributed by atoms with Gasteiger partial charge in [-0.1, -0.05) is 18.2 Å². The zero-order valence-corrected chi connectivity index (χ0v) is 13.5. The Bertz CT molecular complexity index is 412. The van der Waals surface area contributed by atoms with E-state index in [1.807, 2.05) is 44.0 Å². The zero-order valence-electron chi connectivity index (χ0n) is 13.5. The highest BCUT2D eigenvalue weighted by Crippen LogP contribution is 2.13. The molecule has 22 heavy (non-hydrogen) atoms. The standard InChI is InChI=1S/C16H25N2O4/c1-13(19-14(2)21-16-7-5-4-6-8-16)20-15(3)22-18-11-9-17-10-12-18/h4-7,13-15,17H,9-12H2,1-3H3. The van der Waals surface area contributed by atoms with Crippen molar-refractivity contribution < 1.29 is 19.0 Å². The second kappa shape index (κ2) is 9.07. The Hall–Kier alpha value is -1.18. The first-order valence-electron chi connectivity index (χ1n) is 7.70. The first-order valence-corrected chi connectivity index (χ1v) is 7.70. The van der Waals surface area contributed by atoms with Crippen molar-refractivity contribution in [3.63, 3.8) is 0 Å². The number of piperazine rings is 1. The molecule has 1 aliphatic heterocycles. The number of hydrogen-bond acceptors (Lipinski definition) is 6. The third-order valence-electron chi connectivity index (χ3n) is 3.11. The van der Waals surface area contributed by atoms with E-state index in [1.54, 1.807) is 6.07 Å². The first-order chi connectivity index (χ1) is 10.6. The van der Waals surface area contributed by atoms with E-state index in [0.717, 1.165) is 26.2 Å². The number of hydrogen-bond donors (Lipinski definition) is 1. The molecule has 3 atom stereocenters. The van der Waals surface area contributed by atoms with Crippen molar-refractivity contribution in [1.82, 2.24) is 10.4 Å². The van der Waals surface area contributed by atoms with Crippen molar-refractivity contribution in [2.24, 2.45) is 0 Å². The number of ether oxygens (including phenoxy) is 3. The Morgan fingerprint density at radius 1 is 1.05 bits per heavy atom. The lowest BCUT2D eigenvalue weighted by Crippen LogP contribution is -2.45. The van der Waals surface area contributed by atoms with Crippen LogP contribution in [-0.2, 0) is 14.3 Å². The second-order valence-corrected chi connectivity index (χ2v) is 5.10. The minimum Gasteiger partial charge on any atom is -0.465 e. The summed E-state index contributed by atoms with van der Waals surface area (Å²) in [5, 5.41) is 5.18. The van der Waals surface area contributed by atoms with E-state index in [-0.39, 0.29) is 6.29 Å². The molecular weight excluding hydrogens is 284 g/mol. The monoisotopic (exact) mass is 309 g/mol. The van der Waals surface area contributed by atoms with Crippen LogP contribution >= 0.6 is 0 Å². The minimum absolute atomic E-state index is 0.372. The number of nitrogens with zero attached hydrogens (tertiary/aromatic N) is 1. The molecule has 1 radical (unpaired) electrons. The van der Waals surface area contributed by atoms with Crippen LogP contribution in [0, 0.1) is 6.07 Å². The molecule has 0 bridgehead atoms. The summed E-state index contributed by atoms with van der Waals surface area (Å²) in [4.78, 5) is 5.71. The van der Waals surface area contributed by atoms with E-state index >= 15 is 0 Å². The van der Waals surface area contributed by atoms with E-state index in [9.17, 15) is 0 Å². The minimum atomic E-state index is -0.434. The van der Waals surface area contributed by atoms with Gasteiger partial charge >= 0.3 is 0 Å².